The SMILES string of the molecule is CC(C)(C)OC(=O)C[C@H](C(=O)OC(C)(C)C)N(CCOCCOCCN([C@H](CC(=O)OC(C)(C)C)C(=O)OC(C)(C)C)S(=O)(=O)c1ccccc1[N+](=O)[O-])S(=O)(=O)c1ccccc1[N+](=O)[O-]. The molecule has 0 aliphatic heterocycles. The van der Waals surface area contributed by atoms with Crippen LogP contribution in [0.1, 0.15) is 95.9 Å². The van der Waals surface area contributed by atoms with Gasteiger partial charge in [-0.25, -0.2) is 16.8 Å². The molecule has 0 radical (unpaired) electrons. The quantitative estimate of drug-likeness (QED) is 0.0460. The molecule has 0 fully saturated rings. The highest BCUT2D eigenvalue weighted by molar-refractivity contribution is 7.89. The van der Waals surface area contributed by atoms with E-state index in [1.807, 2.05) is 0 Å². The van der Waals surface area contributed by atoms with Crippen LogP contribution in [-0.4, -0.2) is 133 Å². The number of nitro groups is 2. The number of esters is 4. The second kappa shape index (κ2) is 23.0. The summed E-state index contributed by atoms with van der Waals surface area (Å²) < 4.78 is 91.3. The van der Waals surface area contributed by atoms with E-state index in [0.717, 1.165) is 24.3 Å². The summed E-state index contributed by atoms with van der Waals surface area (Å²) in [5.74, 6) is -4.27. The first kappa shape index (κ1) is 57.0. The molecular formula is C42H62N4O18S2. The van der Waals surface area contributed by atoms with Crippen molar-refractivity contribution in [3.63, 3.8) is 0 Å². The van der Waals surface area contributed by atoms with Crippen molar-refractivity contribution in [3.8, 4) is 0 Å². The van der Waals surface area contributed by atoms with E-state index in [2.05, 4.69) is 0 Å². The average molecular weight is 975 g/mol. The number of nitrogens with zero attached hydrogens (tertiary/aromatic N) is 4. The molecule has 24 heteroatoms. The summed E-state index contributed by atoms with van der Waals surface area (Å²) >= 11 is 0. The van der Waals surface area contributed by atoms with E-state index in [4.69, 9.17) is 28.4 Å². The van der Waals surface area contributed by atoms with Crippen LogP contribution in [0.15, 0.2) is 58.3 Å². The number of nitro benzene ring substituents is 2. The molecule has 0 spiro atoms. The van der Waals surface area contributed by atoms with Crippen molar-refractivity contribution < 1.29 is 74.3 Å². The number of sulfonamides is 2. The molecule has 2 atom stereocenters. The lowest BCUT2D eigenvalue weighted by Crippen LogP contribution is -2.50. The maximum atomic E-state index is 14.3. The molecule has 22 nitrogen and oxygen atoms in total. The van der Waals surface area contributed by atoms with Gasteiger partial charge in [0.1, 0.15) is 34.5 Å². The lowest BCUT2D eigenvalue weighted by Gasteiger charge is -2.32. The fourth-order valence-corrected chi connectivity index (χ4v) is 9.29. The number of carbonyl (C=O) groups excluding carboxylic acids is 4. The van der Waals surface area contributed by atoms with Crippen molar-refractivity contribution in [2.75, 3.05) is 39.5 Å². The second-order valence-corrected chi connectivity index (χ2v) is 22.3. The van der Waals surface area contributed by atoms with Gasteiger partial charge in [-0.15, -0.1) is 0 Å². The third-order valence-electron chi connectivity index (χ3n) is 8.19. The maximum absolute atomic E-state index is 14.3. The summed E-state index contributed by atoms with van der Waals surface area (Å²) in [6.07, 6.45) is -1.70. The van der Waals surface area contributed by atoms with Crippen LogP contribution in [0.3, 0.4) is 0 Å². The minimum Gasteiger partial charge on any atom is -0.460 e. The number of rotatable bonds is 23. The molecule has 370 valence electrons. The van der Waals surface area contributed by atoms with Crippen LogP contribution in [0.25, 0.3) is 0 Å². The predicted octanol–water partition coefficient (Wildman–Crippen LogP) is 5.10. The zero-order chi connectivity index (χ0) is 50.6. The Kier molecular flexibility index (Phi) is 19.9. The summed E-state index contributed by atoms with van der Waals surface area (Å²) in [6, 6.07) is 5.03. The van der Waals surface area contributed by atoms with Crippen LogP contribution in [0, 0.1) is 20.2 Å². The Morgan fingerprint density at radius 3 is 1.08 bits per heavy atom. The summed E-state index contributed by atoms with van der Waals surface area (Å²) in [7, 11) is -9.94. The molecule has 0 saturated carbocycles. The van der Waals surface area contributed by atoms with Crippen molar-refractivity contribution in [2.45, 2.75) is 140 Å². The van der Waals surface area contributed by atoms with Crippen molar-refractivity contribution in [3.05, 3.63) is 68.8 Å². The molecule has 0 amide bonds. The Labute approximate surface area is 385 Å². The Bertz CT molecular complexity index is 2120. The molecule has 0 aliphatic carbocycles. The van der Waals surface area contributed by atoms with Crippen LogP contribution >= 0.6 is 0 Å². The normalized spacial score (nSPS) is 13.7. The third-order valence-corrected chi connectivity index (χ3v) is 12.1. The smallest absolute Gasteiger partial charge is 0.325 e. The number of hydrogen-bond donors (Lipinski definition) is 0. The molecule has 2 aromatic rings. The fourth-order valence-electron chi connectivity index (χ4n) is 5.85. The number of ether oxygens (including phenoxy) is 6. The topological polar surface area (TPSA) is 285 Å². The first-order valence-corrected chi connectivity index (χ1v) is 23.5. The second-order valence-electron chi connectivity index (χ2n) is 18.6. The van der Waals surface area contributed by atoms with Gasteiger partial charge in [-0.1, -0.05) is 24.3 Å². The molecule has 2 rings (SSSR count). The predicted molar refractivity (Wildman–Crippen MR) is 236 cm³/mol. The van der Waals surface area contributed by atoms with Gasteiger partial charge in [0.15, 0.2) is 9.79 Å². The van der Waals surface area contributed by atoms with Crippen molar-refractivity contribution in [1.29, 1.82) is 0 Å². The van der Waals surface area contributed by atoms with Crippen LogP contribution in [-0.2, 0) is 67.6 Å². The van der Waals surface area contributed by atoms with E-state index < -0.39 is 149 Å². The summed E-state index contributed by atoms with van der Waals surface area (Å²) in [4.78, 5) is 74.1. The Hall–Kier alpha value is -5.14. The maximum Gasteiger partial charge on any atom is 0.325 e. The number of carbonyl (C=O) groups is 4. The van der Waals surface area contributed by atoms with Gasteiger partial charge >= 0.3 is 23.9 Å². The molecule has 0 unspecified atom stereocenters. The first-order chi connectivity index (χ1) is 30.1. The van der Waals surface area contributed by atoms with Gasteiger partial charge in [0.05, 0.1) is 49.1 Å². The summed E-state index contributed by atoms with van der Waals surface area (Å²) in [5.41, 5.74) is -6.05. The van der Waals surface area contributed by atoms with Gasteiger partial charge < -0.3 is 28.4 Å². The zero-order valence-electron chi connectivity index (χ0n) is 39.4. The highest BCUT2D eigenvalue weighted by Crippen LogP contribution is 2.31. The van der Waals surface area contributed by atoms with Crippen molar-refractivity contribution in [2.24, 2.45) is 0 Å². The standard InChI is InChI=1S/C42H62N4O18S2/c1-39(2,3)61-35(47)27-31(37(49)63-41(7,8)9)43(65(55,56)33-19-15-13-17-29(33)45(51)52)21-23-59-25-26-60-24-22-44(66(57,58)34-20-16-14-18-30(34)46(53)54)32(38(50)64-42(10,11)12)28-36(48)62-40(4,5)6/h13-20,31-32H,21-28H2,1-12H3/t31-,32-/m1/s1. The van der Waals surface area contributed by atoms with E-state index in [0.29, 0.717) is 8.61 Å². The lowest BCUT2D eigenvalue weighted by molar-refractivity contribution is -0.388. The van der Waals surface area contributed by atoms with Crippen molar-refractivity contribution in [1.82, 2.24) is 8.61 Å². The molecule has 0 N–H and O–H groups in total. The zero-order valence-corrected chi connectivity index (χ0v) is 41.0. The highest BCUT2D eigenvalue weighted by Gasteiger charge is 2.44. The third kappa shape index (κ3) is 18.3. The molecule has 0 saturated heterocycles. The molecule has 2 aromatic carbocycles. The molecule has 0 aromatic heterocycles. The molecule has 0 heterocycles. The van der Waals surface area contributed by atoms with Crippen LogP contribution < -0.4 is 0 Å². The van der Waals surface area contributed by atoms with E-state index in [1.165, 1.54) is 65.8 Å². The van der Waals surface area contributed by atoms with Crippen molar-refractivity contribution >= 4 is 55.3 Å². The Morgan fingerprint density at radius 1 is 0.515 bits per heavy atom. The average Bonchev–Trinajstić information content (AvgIpc) is 3.14. The monoisotopic (exact) mass is 974 g/mol. The largest absolute Gasteiger partial charge is 0.460 e. The molecule has 0 aliphatic rings. The first-order valence-electron chi connectivity index (χ1n) is 20.6. The highest BCUT2D eigenvalue weighted by atomic mass is 32.2. The van der Waals surface area contributed by atoms with Gasteiger partial charge in [-0.05, 0) is 95.2 Å². The van der Waals surface area contributed by atoms with E-state index in [9.17, 15) is 56.2 Å². The summed E-state index contributed by atoms with van der Waals surface area (Å²) in [6.45, 7) is 15.5. The Morgan fingerprint density at radius 2 is 0.803 bits per heavy atom. The lowest BCUT2D eigenvalue weighted by atomic mass is 10.1. The number of benzene rings is 2. The van der Waals surface area contributed by atoms with Gasteiger partial charge in [0, 0.05) is 25.2 Å². The minimum atomic E-state index is -4.97. The van der Waals surface area contributed by atoms with Crippen LogP contribution in [0.5, 0.6) is 0 Å². The molecular weight excluding hydrogens is 913 g/mol. The van der Waals surface area contributed by atoms with Gasteiger partial charge in [0.25, 0.3) is 31.4 Å². The molecule has 0 bridgehead atoms. The summed E-state index contributed by atoms with van der Waals surface area (Å²) in [5, 5.41) is 23.9. The van der Waals surface area contributed by atoms with E-state index in [1.54, 1.807) is 41.5 Å². The van der Waals surface area contributed by atoms with Gasteiger partial charge in [-0.2, -0.15) is 8.61 Å². The van der Waals surface area contributed by atoms with Crippen LogP contribution in [0.2, 0.25) is 0 Å². The number of hydrogen-bond acceptors (Lipinski definition) is 18. The Balaban J connectivity index is 2.47. The van der Waals surface area contributed by atoms with E-state index in [-0.39, 0.29) is 13.2 Å². The van der Waals surface area contributed by atoms with E-state index >= 15 is 0 Å². The fraction of sp³-hybridized carbons (Fsp3) is 0.619. The number of para-hydroxylation sites is 2. The van der Waals surface area contributed by atoms with Gasteiger partial charge in [-0.3, -0.25) is 39.4 Å². The minimum absolute atomic E-state index is 0.313. The van der Waals surface area contributed by atoms with Gasteiger partial charge in [0.2, 0.25) is 0 Å². The molecule has 66 heavy (non-hydrogen) atoms. The van der Waals surface area contributed by atoms with Crippen LogP contribution in [0.4, 0.5) is 11.4 Å².